The molecule has 0 aliphatic rings. The molecule has 0 aliphatic carbocycles. The predicted octanol–water partition coefficient (Wildman–Crippen LogP) is 2.34. The molecule has 0 aliphatic heterocycles. The zero-order valence-electron chi connectivity index (χ0n) is 15.1. The summed E-state index contributed by atoms with van der Waals surface area (Å²) in [5.74, 6) is -0.157. The minimum atomic E-state index is -3.88. The minimum Gasteiger partial charge on any atom is -0.382 e. The lowest BCUT2D eigenvalue weighted by Gasteiger charge is -2.39. The number of hydrogen-bond donors (Lipinski definition) is 1. The molecule has 0 saturated carbocycles. The van der Waals surface area contributed by atoms with Crippen molar-refractivity contribution in [2.24, 2.45) is 0 Å². The number of unbranched alkanes of at least 4 members (excludes halogenated alkanes) is 2. The first kappa shape index (κ1) is 22.8. The van der Waals surface area contributed by atoms with Crippen LogP contribution >= 0.6 is 0 Å². The molecule has 0 aromatic carbocycles. The summed E-state index contributed by atoms with van der Waals surface area (Å²) >= 11 is 0. The van der Waals surface area contributed by atoms with Gasteiger partial charge >= 0.3 is 0 Å². The lowest BCUT2D eigenvalue weighted by molar-refractivity contribution is -0.929. The van der Waals surface area contributed by atoms with Gasteiger partial charge in [0.05, 0.1) is 45.2 Å². The largest absolute Gasteiger partial charge is 0.382 e. The Hall–Kier alpha value is -0.210. The Morgan fingerprint density at radius 2 is 1.43 bits per heavy atom. The zero-order valence-corrected chi connectivity index (χ0v) is 15.9. The van der Waals surface area contributed by atoms with Crippen LogP contribution in [-0.4, -0.2) is 76.3 Å². The maximum absolute atomic E-state index is 11.0. The summed E-state index contributed by atoms with van der Waals surface area (Å²) in [5.41, 5.74) is 0. The summed E-state index contributed by atoms with van der Waals surface area (Å²) in [6, 6.07) is 0. The highest BCUT2D eigenvalue weighted by Crippen LogP contribution is 2.14. The van der Waals surface area contributed by atoms with E-state index in [-0.39, 0.29) is 5.75 Å². The van der Waals surface area contributed by atoms with Crippen molar-refractivity contribution in [1.82, 2.24) is 0 Å². The van der Waals surface area contributed by atoms with Crippen LogP contribution < -0.4 is 0 Å². The SMILES string of the molecule is CCCC[N+](CCCC)(CCCS(=O)(=O)O)CCOCCOC. The standard InChI is InChI=1S/C16H35NO5S/c1-4-6-9-17(10-7-5-2,11-8-16-23(18,19)20)12-13-22-15-14-21-3/h4-16H2,1-3H3/p+1. The summed E-state index contributed by atoms with van der Waals surface area (Å²) in [5, 5.41) is 0. The molecule has 0 heterocycles. The van der Waals surface area contributed by atoms with Crippen molar-refractivity contribution < 1.29 is 26.9 Å². The van der Waals surface area contributed by atoms with E-state index in [2.05, 4.69) is 13.8 Å². The van der Waals surface area contributed by atoms with Crippen LogP contribution in [-0.2, 0) is 19.6 Å². The monoisotopic (exact) mass is 354 g/mol. The molecule has 140 valence electrons. The fourth-order valence-electron chi connectivity index (χ4n) is 2.74. The van der Waals surface area contributed by atoms with E-state index in [1.54, 1.807) is 7.11 Å². The molecule has 0 radical (unpaired) electrons. The highest BCUT2D eigenvalue weighted by atomic mass is 32.2. The van der Waals surface area contributed by atoms with E-state index >= 15 is 0 Å². The van der Waals surface area contributed by atoms with Crippen LogP contribution in [0.4, 0.5) is 0 Å². The third-order valence-electron chi connectivity index (χ3n) is 4.15. The quantitative estimate of drug-likeness (QED) is 0.262. The van der Waals surface area contributed by atoms with Crippen molar-refractivity contribution in [3.05, 3.63) is 0 Å². The van der Waals surface area contributed by atoms with Crippen molar-refractivity contribution in [1.29, 1.82) is 0 Å². The Morgan fingerprint density at radius 1 is 0.870 bits per heavy atom. The molecule has 6 nitrogen and oxygen atoms in total. The van der Waals surface area contributed by atoms with Crippen LogP contribution in [0.15, 0.2) is 0 Å². The molecular weight excluding hydrogens is 318 g/mol. The van der Waals surface area contributed by atoms with Crippen LogP contribution in [0.5, 0.6) is 0 Å². The normalized spacial score (nSPS) is 12.7. The van der Waals surface area contributed by atoms with E-state index < -0.39 is 10.1 Å². The molecule has 1 N–H and O–H groups in total. The zero-order chi connectivity index (χ0) is 17.6. The van der Waals surface area contributed by atoms with Gasteiger partial charge in [0.15, 0.2) is 0 Å². The smallest absolute Gasteiger partial charge is 0.265 e. The third kappa shape index (κ3) is 12.8. The summed E-state index contributed by atoms with van der Waals surface area (Å²) in [7, 11) is -2.22. The van der Waals surface area contributed by atoms with Crippen molar-refractivity contribution in [3.63, 3.8) is 0 Å². The number of nitrogens with zero attached hydrogens (tertiary/aromatic N) is 1. The maximum Gasteiger partial charge on any atom is 0.265 e. The van der Waals surface area contributed by atoms with Gasteiger partial charge in [-0.15, -0.1) is 0 Å². The van der Waals surface area contributed by atoms with Crippen molar-refractivity contribution in [2.75, 3.05) is 58.9 Å². The Balaban J connectivity index is 4.64. The van der Waals surface area contributed by atoms with E-state index in [1.165, 1.54) is 0 Å². The Morgan fingerprint density at radius 3 is 1.91 bits per heavy atom. The topological polar surface area (TPSA) is 72.8 Å². The fraction of sp³-hybridized carbons (Fsp3) is 1.00. The highest BCUT2D eigenvalue weighted by molar-refractivity contribution is 7.85. The van der Waals surface area contributed by atoms with E-state index in [0.29, 0.717) is 26.2 Å². The number of methoxy groups -OCH3 is 1. The molecule has 0 unspecified atom stereocenters. The number of rotatable bonds is 16. The van der Waals surface area contributed by atoms with Gasteiger partial charge in [-0.3, -0.25) is 4.55 Å². The highest BCUT2D eigenvalue weighted by Gasteiger charge is 2.26. The van der Waals surface area contributed by atoms with Gasteiger partial charge in [-0.2, -0.15) is 8.42 Å². The van der Waals surface area contributed by atoms with E-state index in [9.17, 15) is 8.42 Å². The lowest BCUT2D eigenvalue weighted by atomic mass is 10.2. The fourth-order valence-corrected chi connectivity index (χ4v) is 3.24. The van der Waals surface area contributed by atoms with Crippen LogP contribution in [0.25, 0.3) is 0 Å². The second-order valence-corrected chi connectivity index (χ2v) is 7.76. The molecule has 0 atom stereocenters. The van der Waals surface area contributed by atoms with Gasteiger partial charge in [-0.05, 0) is 12.8 Å². The first-order valence-corrected chi connectivity index (χ1v) is 10.4. The molecule has 0 amide bonds. The van der Waals surface area contributed by atoms with Crippen LogP contribution in [0.2, 0.25) is 0 Å². The predicted molar refractivity (Wildman–Crippen MR) is 93.3 cm³/mol. The second kappa shape index (κ2) is 13.1. The van der Waals surface area contributed by atoms with Gasteiger partial charge in [0.2, 0.25) is 0 Å². The molecule has 0 rings (SSSR count). The number of hydrogen-bond acceptors (Lipinski definition) is 4. The Bertz CT molecular complexity index is 365. The molecule has 7 heteroatoms. The van der Waals surface area contributed by atoms with Crippen molar-refractivity contribution in [3.8, 4) is 0 Å². The van der Waals surface area contributed by atoms with Gasteiger partial charge in [-0.1, -0.05) is 26.7 Å². The van der Waals surface area contributed by atoms with Gasteiger partial charge in [0.25, 0.3) is 10.1 Å². The van der Waals surface area contributed by atoms with Gasteiger partial charge in [-0.25, -0.2) is 0 Å². The third-order valence-corrected chi connectivity index (χ3v) is 4.95. The average molecular weight is 355 g/mol. The molecule has 0 aromatic heterocycles. The minimum absolute atomic E-state index is 0.157. The van der Waals surface area contributed by atoms with Gasteiger partial charge in [0, 0.05) is 13.5 Å². The second-order valence-electron chi connectivity index (χ2n) is 6.19. The van der Waals surface area contributed by atoms with Crippen LogP contribution in [0, 0.1) is 0 Å². The molecule has 0 aromatic rings. The molecule has 0 bridgehead atoms. The molecule has 0 fully saturated rings. The molecule has 23 heavy (non-hydrogen) atoms. The molecular formula is C16H36NO5S+. The Kier molecular flexibility index (Phi) is 13.0. The van der Waals surface area contributed by atoms with Crippen LogP contribution in [0.3, 0.4) is 0 Å². The lowest BCUT2D eigenvalue weighted by Crippen LogP contribution is -2.52. The van der Waals surface area contributed by atoms with E-state index in [0.717, 1.165) is 56.3 Å². The summed E-state index contributed by atoms with van der Waals surface area (Å²) < 4.78 is 42.4. The van der Waals surface area contributed by atoms with Gasteiger partial charge < -0.3 is 14.0 Å². The summed E-state index contributed by atoms with van der Waals surface area (Å²) in [4.78, 5) is 0. The van der Waals surface area contributed by atoms with E-state index in [4.69, 9.17) is 14.0 Å². The first-order chi connectivity index (χ1) is 10.9. The average Bonchev–Trinajstić information content (AvgIpc) is 2.49. The molecule has 0 spiro atoms. The van der Waals surface area contributed by atoms with Gasteiger partial charge in [0.1, 0.15) is 6.54 Å². The van der Waals surface area contributed by atoms with Crippen molar-refractivity contribution in [2.45, 2.75) is 46.0 Å². The van der Waals surface area contributed by atoms with E-state index in [1.807, 2.05) is 0 Å². The first-order valence-electron chi connectivity index (χ1n) is 8.76. The van der Waals surface area contributed by atoms with Crippen molar-refractivity contribution >= 4 is 10.1 Å². The molecule has 0 saturated heterocycles. The Labute approximate surface area is 142 Å². The summed E-state index contributed by atoms with van der Waals surface area (Å²) in [6.07, 6.45) is 4.97. The number of ether oxygens (including phenoxy) is 2. The number of quaternary nitrogens is 1. The summed E-state index contributed by atoms with van der Waals surface area (Å²) in [6.45, 7) is 9.90. The van der Waals surface area contributed by atoms with Crippen LogP contribution in [0.1, 0.15) is 46.0 Å². The maximum atomic E-state index is 11.0.